The predicted molar refractivity (Wildman–Crippen MR) is 98.2 cm³/mol. The summed E-state index contributed by atoms with van der Waals surface area (Å²) in [7, 11) is 0. The Bertz CT molecular complexity index is 790. The van der Waals surface area contributed by atoms with E-state index in [9.17, 15) is 14.4 Å². The zero-order chi connectivity index (χ0) is 17.8. The highest BCUT2D eigenvalue weighted by atomic mass is 32.2. The molecule has 1 saturated heterocycles. The van der Waals surface area contributed by atoms with Crippen LogP contribution < -0.4 is 5.32 Å². The van der Waals surface area contributed by atoms with Gasteiger partial charge >= 0.3 is 0 Å². The molecule has 25 heavy (non-hydrogen) atoms. The first kappa shape index (κ1) is 17.2. The fraction of sp³-hybridized carbons (Fsp3) is 0.211. The number of carbonyl (C=O) groups excluding carboxylic acids is 3. The average Bonchev–Trinajstić information content (AvgIpc) is 2.85. The Hall–Kier alpha value is -2.60. The minimum atomic E-state index is -0.665. The fourth-order valence-electron chi connectivity index (χ4n) is 2.55. The Morgan fingerprint density at radius 3 is 2.44 bits per heavy atom. The summed E-state index contributed by atoms with van der Waals surface area (Å²) < 4.78 is 0. The van der Waals surface area contributed by atoms with Crippen LogP contribution in [0.5, 0.6) is 0 Å². The predicted octanol–water partition coefficient (Wildman–Crippen LogP) is 3.59. The van der Waals surface area contributed by atoms with Gasteiger partial charge in [0.15, 0.2) is 0 Å². The van der Waals surface area contributed by atoms with Crippen molar-refractivity contribution < 1.29 is 14.4 Å². The first-order valence-electron chi connectivity index (χ1n) is 7.95. The molecule has 0 saturated carbocycles. The number of hydrogen-bond donors (Lipinski definition) is 1. The molecular weight excluding hydrogens is 336 g/mol. The number of amides is 3. The van der Waals surface area contributed by atoms with Gasteiger partial charge in [0.2, 0.25) is 11.8 Å². The van der Waals surface area contributed by atoms with Gasteiger partial charge in [0, 0.05) is 12.1 Å². The molecule has 1 fully saturated rings. The lowest BCUT2D eigenvalue weighted by Gasteiger charge is -2.14. The quantitative estimate of drug-likeness (QED) is 0.891. The number of aryl methyl sites for hydroxylation is 1. The zero-order valence-corrected chi connectivity index (χ0v) is 14.6. The summed E-state index contributed by atoms with van der Waals surface area (Å²) in [6.07, 6.45) is -0.0194. The molecule has 128 valence electrons. The Balaban J connectivity index is 1.59. The van der Waals surface area contributed by atoms with Crippen molar-refractivity contribution in [1.82, 2.24) is 4.90 Å². The number of imide groups is 1. The molecule has 1 N–H and O–H groups in total. The van der Waals surface area contributed by atoms with Crippen molar-refractivity contribution in [2.45, 2.75) is 25.1 Å². The largest absolute Gasteiger partial charge is 0.326 e. The van der Waals surface area contributed by atoms with Crippen LogP contribution in [0.25, 0.3) is 0 Å². The van der Waals surface area contributed by atoms with Crippen LogP contribution in [0.1, 0.15) is 17.5 Å². The number of rotatable bonds is 5. The molecule has 1 heterocycles. The molecule has 0 spiro atoms. The summed E-state index contributed by atoms with van der Waals surface area (Å²) in [5.41, 5.74) is 2.66. The number of carbonyl (C=O) groups is 3. The van der Waals surface area contributed by atoms with Crippen LogP contribution in [0.2, 0.25) is 0 Å². The third-order valence-electron chi connectivity index (χ3n) is 3.89. The van der Waals surface area contributed by atoms with Crippen molar-refractivity contribution >= 4 is 34.5 Å². The lowest BCUT2D eigenvalue weighted by molar-refractivity contribution is -0.129. The number of thioether (sulfide) groups is 1. The number of benzene rings is 2. The maximum absolute atomic E-state index is 12.5. The smallest absolute Gasteiger partial charge is 0.289 e. The second-order valence-electron chi connectivity index (χ2n) is 5.90. The Morgan fingerprint density at radius 1 is 1.08 bits per heavy atom. The standard InChI is InChI=1S/C19H18N2O3S/c1-13-7-9-15(10-8-13)20-17(22)11-16-18(23)21(19(24)25-16)12-14-5-3-2-4-6-14/h2-10,16H,11-12H2,1H3,(H,20,22). The molecule has 1 atom stereocenters. The number of anilines is 1. The van der Waals surface area contributed by atoms with Gasteiger partial charge in [-0.2, -0.15) is 0 Å². The van der Waals surface area contributed by atoms with E-state index in [1.807, 2.05) is 61.5 Å². The topological polar surface area (TPSA) is 66.5 Å². The molecule has 0 radical (unpaired) electrons. The second kappa shape index (κ2) is 7.53. The molecule has 5 nitrogen and oxygen atoms in total. The number of nitrogens with one attached hydrogen (secondary N) is 1. The first-order chi connectivity index (χ1) is 12.0. The third kappa shape index (κ3) is 4.28. The summed E-state index contributed by atoms with van der Waals surface area (Å²) in [5, 5.41) is 1.79. The van der Waals surface area contributed by atoms with E-state index in [0.29, 0.717) is 5.69 Å². The third-order valence-corrected chi connectivity index (χ3v) is 4.97. The first-order valence-corrected chi connectivity index (χ1v) is 8.83. The molecule has 2 aromatic rings. The minimum absolute atomic E-state index is 0.0194. The zero-order valence-electron chi connectivity index (χ0n) is 13.8. The lowest BCUT2D eigenvalue weighted by atomic mass is 10.2. The summed E-state index contributed by atoms with van der Waals surface area (Å²) in [6, 6.07) is 16.7. The van der Waals surface area contributed by atoms with Crippen molar-refractivity contribution in [1.29, 1.82) is 0 Å². The van der Waals surface area contributed by atoms with Gasteiger partial charge in [0.1, 0.15) is 5.25 Å². The molecule has 0 aromatic heterocycles. The highest BCUT2D eigenvalue weighted by Gasteiger charge is 2.40. The highest BCUT2D eigenvalue weighted by Crippen LogP contribution is 2.30. The van der Waals surface area contributed by atoms with E-state index in [2.05, 4.69) is 5.32 Å². The van der Waals surface area contributed by atoms with Gasteiger partial charge in [-0.25, -0.2) is 0 Å². The van der Waals surface area contributed by atoms with Crippen molar-refractivity contribution in [3.8, 4) is 0 Å². The van der Waals surface area contributed by atoms with Crippen LogP contribution in [0.4, 0.5) is 10.5 Å². The maximum Gasteiger partial charge on any atom is 0.289 e. The molecule has 0 aliphatic carbocycles. The molecule has 0 bridgehead atoms. The molecule has 6 heteroatoms. The van der Waals surface area contributed by atoms with E-state index in [1.165, 1.54) is 4.90 Å². The summed E-state index contributed by atoms with van der Waals surface area (Å²) in [4.78, 5) is 37.9. The van der Waals surface area contributed by atoms with Gasteiger partial charge in [0.25, 0.3) is 5.24 Å². The Kier molecular flexibility index (Phi) is 5.19. The minimum Gasteiger partial charge on any atom is -0.326 e. The van der Waals surface area contributed by atoms with Gasteiger partial charge in [-0.1, -0.05) is 59.8 Å². The average molecular weight is 354 g/mol. The van der Waals surface area contributed by atoms with Gasteiger partial charge < -0.3 is 5.32 Å². The van der Waals surface area contributed by atoms with Crippen LogP contribution in [-0.4, -0.2) is 27.2 Å². The van der Waals surface area contributed by atoms with Crippen molar-refractivity contribution in [2.24, 2.45) is 0 Å². The Morgan fingerprint density at radius 2 is 1.76 bits per heavy atom. The highest BCUT2D eigenvalue weighted by molar-refractivity contribution is 8.15. The molecule has 3 amide bonds. The van der Waals surface area contributed by atoms with Crippen LogP contribution in [-0.2, 0) is 16.1 Å². The van der Waals surface area contributed by atoms with Crippen LogP contribution in [0.3, 0.4) is 0 Å². The SMILES string of the molecule is Cc1ccc(NC(=O)CC2SC(=O)N(Cc3ccccc3)C2=O)cc1. The van der Waals surface area contributed by atoms with E-state index >= 15 is 0 Å². The van der Waals surface area contributed by atoms with E-state index in [0.717, 1.165) is 22.9 Å². The van der Waals surface area contributed by atoms with Crippen LogP contribution in [0.15, 0.2) is 54.6 Å². The molecule has 3 rings (SSSR count). The van der Waals surface area contributed by atoms with E-state index in [-0.39, 0.29) is 30.0 Å². The van der Waals surface area contributed by atoms with E-state index in [1.54, 1.807) is 0 Å². The lowest BCUT2D eigenvalue weighted by Crippen LogP contribution is -2.32. The van der Waals surface area contributed by atoms with Gasteiger partial charge in [-0.3, -0.25) is 19.3 Å². The molecule has 2 aromatic carbocycles. The fourth-order valence-corrected chi connectivity index (χ4v) is 3.54. The number of hydrogen-bond acceptors (Lipinski definition) is 4. The van der Waals surface area contributed by atoms with E-state index in [4.69, 9.17) is 0 Å². The molecule has 1 unspecified atom stereocenters. The summed E-state index contributed by atoms with van der Waals surface area (Å²) in [5.74, 6) is -0.582. The monoisotopic (exact) mass is 354 g/mol. The van der Waals surface area contributed by atoms with Gasteiger partial charge in [-0.15, -0.1) is 0 Å². The van der Waals surface area contributed by atoms with Crippen LogP contribution in [0, 0.1) is 6.92 Å². The second-order valence-corrected chi connectivity index (χ2v) is 7.05. The van der Waals surface area contributed by atoms with Crippen molar-refractivity contribution in [3.63, 3.8) is 0 Å². The molecular formula is C19H18N2O3S. The van der Waals surface area contributed by atoms with Gasteiger partial charge in [0.05, 0.1) is 6.54 Å². The van der Waals surface area contributed by atoms with Gasteiger partial charge in [-0.05, 0) is 24.6 Å². The van der Waals surface area contributed by atoms with E-state index < -0.39 is 5.25 Å². The maximum atomic E-state index is 12.5. The van der Waals surface area contributed by atoms with Crippen LogP contribution >= 0.6 is 11.8 Å². The number of nitrogens with zero attached hydrogens (tertiary/aromatic N) is 1. The van der Waals surface area contributed by atoms with Crippen molar-refractivity contribution in [2.75, 3.05) is 5.32 Å². The Labute approximate surface area is 150 Å². The summed E-state index contributed by atoms with van der Waals surface area (Å²) in [6.45, 7) is 2.20. The van der Waals surface area contributed by atoms with Crippen molar-refractivity contribution in [3.05, 3.63) is 65.7 Å². The normalized spacial score (nSPS) is 17.0. The molecule has 1 aliphatic heterocycles. The summed E-state index contributed by atoms with van der Waals surface area (Å²) >= 11 is 0.919. The molecule has 1 aliphatic rings.